The van der Waals surface area contributed by atoms with Crippen LogP contribution < -0.4 is 5.32 Å². The number of hydrogen-bond donors (Lipinski definition) is 2. The fraction of sp³-hybridized carbons (Fsp3) is 0.100. The highest BCUT2D eigenvalue weighted by Crippen LogP contribution is 2.30. The summed E-state index contributed by atoms with van der Waals surface area (Å²) in [4.78, 5) is 28.9. The van der Waals surface area contributed by atoms with Crippen LogP contribution in [0, 0.1) is 11.6 Å². The van der Waals surface area contributed by atoms with Crippen LogP contribution in [0.15, 0.2) is 85.1 Å². The number of halogens is 5. The topological polar surface area (TPSA) is 83.7 Å². The maximum Gasteiger partial charge on any atom is 0.416 e. The van der Waals surface area contributed by atoms with Gasteiger partial charge in [-0.3, -0.25) is 9.20 Å². The van der Waals surface area contributed by atoms with Crippen molar-refractivity contribution in [1.29, 1.82) is 0 Å². The first-order valence-electron chi connectivity index (χ1n) is 12.2. The number of aromatic nitrogens is 2. The zero-order chi connectivity index (χ0) is 29.3. The lowest BCUT2D eigenvalue weighted by Gasteiger charge is -2.13. The Morgan fingerprint density at radius 2 is 1.44 bits per heavy atom. The third-order valence-corrected chi connectivity index (χ3v) is 6.43. The number of imidazole rings is 1. The van der Waals surface area contributed by atoms with Crippen LogP contribution in [0.25, 0.3) is 16.8 Å². The highest BCUT2D eigenvalue weighted by Gasteiger charge is 2.30. The van der Waals surface area contributed by atoms with Gasteiger partial charge in [0, 0.05) is 30.9 Å². The molecular formula is C30H20F5N3O3. The van der Waals surface area contributed by atoms with Crippen molar-refractivity contribution < 1.29 is 36.6 Å². The van der Waals surface area contributed by atoms with Crippen molar-refractivity contribution in [3.63, 3.8) is 0 Å². The molecule has 1 amide bonds. The van der Waals surface area contributed by atoms with Crippen LogP contribution in [0.5, 0.6) is 0 Å². The van der Waals surface area contributed by atoms with Crippen LogP contribution in [0.4, 0.5) is 22.0 Å². The second-order valence-electron chi connectivity index (χ2n) is 9.29. The van der Waals surface area contributed by atoms with Crippen LogP contribution >= 0.6 is 0 Å². The number of carboxylic acids is 1. The molecule has 2 heterocycles. The second-order valence-corrected chi connectivity index (χ2v) is 9.29. The molecule has 2 aromatic heterocycles. The molecule has 0 spiro atoms. The predicted molar refractivity (Wildman–Crippen MR) is 139 cm³/mol. The van der Waals surface area contributed by atoms with E-state index in [0.717, 1.165) is 30.3 Å². The number of aromatic carboxylic acids is 1. The van der Waals surface area contributed by atoms with Crippen LogP contribution in [0.1, 0.15) is 43.2 Å². The van der Waals surface area contributed by atoms with Gasteiger partial charge in [0.05, 0.1) is 11.1 Å². The van der Waals surface area contributed by atoms with Gasteiger partial charge in [-0.25, -0.2) is 18.6 Å². The first-order chi connectivity index (χ1) is 19.5. The van der Waals surface area contributed by atoms with E-state index in [1.165, 1.54) is 40.9 Å². The summed E-state index contributed by atoms with van der Waals surface area (Å²) >= 11 is 0. The average Bonchev–Trinajstić information content (AvgIpc) is 3.33. The van der Waals surface area contributed by atoms with Crippen molar-refractivity contribution in [2.75, 3.05) is 0 Å². The van der Waals surface area contributed by atoms with E-state index in [1.54, 1.807) is 18.2 Å². The SMILES string of the molecule is O=C(O)c1ccc(CNC(=O)c2cc(-c3cc(F)cc(F)c3)cc3ncc(Cc4ccc(C(F)(F)F)cc4)n23)cc1. The fourth-order valence-electron chi connectivity index (χ4n) is 4.41. The Balaban J connectivity index is 1.52. The van der Waals surface area contributed by atoms with Crippen LogP contribution in [0.3, 0.4) is 0 Å². The van der Waals surface area contributed by atoms with E-state index in [1.807, 2.05) is 0 Å². The molecule has 0 atom stereocenters. The largest absolute Gasteiger partial charge is 0.478 e. The van der Waals surface area contributed by atoms with E-state index in [-0.39, 0.29) is 35.4 Å². The first kappa shape index (κ1) is 27.5. The zero-order valence-corrected chi connectivity index (χ0v) is 21.0. The number of fused-ring (bicyclic) bond motifs is 1. The van der Waals surface area contributed by atoms with Crippen molar-refractivity contribution in [3.8, 4) is 11.1 Å². The van der Waals surface area contributed by atoms with E-state index >= 15 is 0 Å². The number of nitrogens with zero attached hydrogens (tertiary/aromatic N) is 2. The predicted octanol–water partition coefficient (Wildman–Crippen LogP) is 6.52. The van der Waals surface area contributed by atoms with Gasteiger partial charge in [-0.05, 0) is 70.8 Å². The summed E-state index contributed by atoms with van der Waals surface area (Å²) in [6.07, 6.45) is -2.86. The lowest BCUT2D eigenvalue weighted by Crippen LogP contribution is -2.25. The van der Waals surface area contributed by atoms with E-state index in [9.17, 15) is 31.5 Å². The minimum atomic E-state index is -4.48. The number of carboxylic acid groups (broad SMARTS) is 1. The minimum Gasteiger partial charge on any atom is -0.478 e. The van der Waals surface area contributed by atoms with Crippen LogP contribution in [-0.4, -0.2) is 26.4 Å². The van der Waals surface area contributed by atoms with E-state index in [2.05, 4.69) is 10.3 Å². The Kier molecular flexibility index (Phi) is 7.27. The number of carbonyl (C=O) groups excluding carboxylic acids is 1. The Morgan fingerprint density at radius 3 is 2.05 bits per heavy atom. The molecule has 0 aliphatic rings. The van der Waals surface area contributed by atoms with Gasteiger partial charge in [0.2, 0.25) is 0 Å². The molecule has 6 nitrogen and oxygen atoms in total. The van der Waals surface area contributed by atoms with Crippen LogP contribution in [-0.2, 0) is 19.1 Å². The minimum absolute atomic E-state index is 0.0436. The maximum absolute atomic E-state index is 14.0. The first-order valence-corrected chi connectivity index (χ1v) is 12.2. The van der Waals surface area contributed by atoms with Gasteiger partial charge in [-0.1, -0.05) is 24.3 Å². The Labute approximate surface area is 229 Å². The fourth-order valence-corrected chi connectivity index (χ4v) is 4.41. The molecular weight excluding hydrogens is 545 g/mol. The van der Waals surface area contributed by atoms with E-state index < -0.39 is 35.3 Å². The standard InChI is InChI=1S/C30H20F5N3O3/c31-23-10-20(11-24(32)14-23)21-12-26(28(39)37-15-18-1-5-19(6-2-18)29(40)41)38-25(16-36-27(38)13-21)9-17-3-7-22(8-4-17)30(33,34)35/h1-8,10-14,16H,9,15H2,(H,37,39)(H,40,41). The van der Waals surface area contributed by atoms with Gasteiger partial charge in [0.15, 0.2) is 0 Å². The lowest BCUT2D eigenvalue weighted by molar-refractivity contribution is -0.137. The van der Waals surface area contributed by atoms with Crippen molar-refractivity contribution in [2.24, 2.45) is 0 Å². The number of pyridine rings is 1. The van der Waals surface area contributed by atoms with Gasteiger partial charge >= 0.3 is 12.1 Å². The molecule has 5 aromatic rings. The number of nitrogens with one attached hydrogen (secondary N) is 1. The zero-order valence-electron chi connectivity index (χ0n) is 21.0. The molecule has 0 aliphatic carbocycles. The smallest absolute Gasteiger partial charge is 0.416 e. The van der Waals surface area contributed by atoms with Crippen molar-refractivity contribution >= 4 is 17.5 Å². The highest BCUT2D eigenvalue weighted by molar-refractivity contribution is 5.95. The monoisotopic (exact) mass is 565 g/mol. The summed E-state index contributed by atoms with van der Waals surface area (Å²) in [6, 6.07) is 16.5. The molecule has 3 aromatic carbocycles. The molecule has 0 saturated heterocycles. The maximum atomic E-state index is 14.0. The van der Waals surface area contributed by atoms with Gasteiger partial charge in [-0.15, -0.1) is 0 Å². The number of alkyl halides is 3. The summed E-state index contributed by atoms with van der Waals surface area (Å²) in [5.41, 5.74) is 1.81. The molecule has 5 rings (SSSR count). The number of rotatable bonds is 7. The molecule has 0 bridgehead atoms. The van der Waals surface area contributed by atoms with Gasteiger partial charge < -0.3 is 10.4 Å². The molecule has 0 radical (unpaired) electrons. The van der Waals surface area contributed by atoms with Gasteiger partial charge in [-0.2, -0.15) is 13.2 Å². The molecule has 11 heteroatoms. The number of amides is 1. The van der Waals surface area contributed by atoms with Crippen LogP contribution in [0.2, 0.25) is 0 Å². The molecule has 0 aliphatic heterocycles. The molecule has 2 N–H and O–H groups in total. The molecule has 41 heavy (non-hydrogen) atoms. The van der Waals surface area contributed by atoms with Crippen molar-refractivity contribution in [3.05, 3.63) is 130 Å². The summed E-state index contributed by atoms with van der Waals surface area (Å²) in [5.74, 6) is -3.26. The second kappa shape index (κ2) is 10.8. The van der Waals surface area contributed by atoms with Gasteiger partial charge in [0.25, 0.3) is 5.91 Å². The third-order valence-electron chi connectivity index (χ3n) is 6.43. The summed E-state index contributed by atoms with van der Waals surface area (Å²) in [7, 11) is 0. The van der Waals surface area contributed by atoms with E-state index in [0.29, 0.717) is 22.4 Å². The Bertz CT molecular complexity index is 1740. The number of carbonyl (C=O) groups is 2. The van der Waals surface area contributed by atoms with E-state index in [4.69, 9.17) is 5.11 Å². The third kappa shape index (κ3) is 6.08. The number of hydrogen-bond acceptors (Lipinski definition) is 3. The highest BCUT2D eigenvalue weighted by atomic mass is 19.4. The van der Waals surface area contributed by atoms with Gasteiger partial charge in [0.1, 0.15) is 23.0 Å². The number of benzene rings is 3. The lowest BCUT2D eigenvalue weighted by atomic mass is 10.0. The Hall–Kier alpha value is -5.06. The summed E-state index contributed by atoms with van der Waals surface area (Å²) in [5, 5.41) is 11.8. The summed E-state index contributed by atoms with van der Waals surface area (Å²) in [6.45, 7) is 0.0436. The molecule has 0 unspecified atom stereocenters. The van der Waals surface area contributed by atoms with Crippen molar-refractivity contribution in [1.82, 2.24) is 14.7 Å². The Morgan fingerprint density at radius 1 is 0.829 bits per heavy atom. The molecule has 208 valence electrons. The van der Waals surface area contributed by atoms with Crippen molar-refractivity contribution in [2.45, 2.75) is 19.1 Å². The summed E-state index contributed by atoms with van der Waals surface area (Å²) < 4.78 is 68.5. The molecule has 0 saturated carbocycles. The normalized spacial score (nSPS) is 11.5. The average molecular weight is 565 g/mol. The molecule has 0 fully saturated rings. The quantitative estimate of drug-likeness (QED) is 0.220.